The Kier molecular flexibility index (Phi) is 8.01. The summed E-state index contributed by atoms with van der Waals surface area (Å²) in [6.45, 7) is 6.33. The van der Waals surface area contributed by atoms with E-state index < -0.39 is 0 Å². The van der Waals surface area contributed by atoms with Crippen molar-refractivity contribution in [2.75, 3.05) is 39.3 Å². The minimum Gasteiger partial charge on any atom is -0.342 e. The van der Waals surface area contributed by atoms with Crippen molar-refractivity contribution < 1.29 is 9.59 Å². The molecule has 31 heavy (non-hydrogen) atoms. The van der Waals surface area contributed by atoms with Crippen molar-refractivity contribution >= 4 is 11.8 Å². The summed E-state index contributed by atoms with van der Waals surface area (Å²) in [4.78, 5) is 32.3. The van der Waals surface area contributed by atoms with Gasteiger partial charge in [-0.25, -0.2) is 0 Å². The van der Waals surface area contributed by atoms with Crippen molar-refractivity contribution in [3.63, 3.8) is 0 Å². The molecule has 1 aromatic carbocycles. The highest BCUT2D eigenvalue weighted by Crippen LogP contribution is 2.28. The Labute approximate surface area is 187 Å². The van der Waals surface area contributed by atoms with Crippen LogP contribution < -0.4 is 0 Å². The van der Waals surface area contributed by atoms with Crippen LogP contribution in [0.4, 0.5) is 0 Å². The quantitative estimate of drug-likeness (QED) is 0.694. The lowest BCUT2D eigenvalue weighted by atomic mass is 9.86. The topological polar surface area (TPSA) is 43.9 Å². The molecule has 0 bridgehead atoms. The molecule has 1 saturated carbocycles. The van der Waals surface area contributed by atoms with Crippen molar-refractivity contribution in [1.29, 1.82) is 0 Å². The van der Waals surface area contributed by atoms with Gasteiger partial charge in [0.15, 0.2) is 0 Å². The second-order valence-electron chi connectivity index (χ2n) is 9.81. The molecule has 4 rings (SSSR count). The van der Waals surface area contributed by atoms with Gasteiger partial charge >= 0.3 is 0 Å². The van der Waals surface area contributed by atoms with Crippen molar-refractivity contribution in [3.05, 3.63) is 35.9 Å². The minimum absolute atomic E-state index is 0.265. The first-order valence-electron chi connectivity index (χ1n) is 12.5. The third kappa shape index (κ3) is 6.31. The number of hydrogen-bond acceptors (Lipinski definition) is 3. The van der Waals surface area contributed by atoms with Crippen LogP contribution in [0, 0.1) is 11.8 Å². The molecule has 0 N–H and O–H groups in total. The molecule has 0 radical (unpaired) electrons. The van der Waals surface area contributed by atoms with Gasteiger partial charge in [-0.15, -0.1) is 0 Å². The number of nitrogens with zero attached hydrogens (tertiary/aromatic N) is 3. The van der Waals surface area contributed by atoms with Crippen LogP contribution in [0.3, 0.4) is 0 Å². The summed E-state index contributed by atoms with van der Waals surface area (Å²) in [5.41, 5.74) is 1.34. The zero-order chi connectivity index (χ0) is 21.5. The average molecular weight is 426 g/mol. The summed E-state index contributed by atoms with van der Waals surface area (Å²) in [6, 6.07) is 10.6. The third-order valence-electron chi connectivity index (χ3n) is 7.53. The van der Waals surface area contributed by atoms with Gasteiger partial charge in [-0.1, -0.05) is 49.6 Å². The molecule has 2 amide bonds. The Morgan fingerprint density at radius 2 is 1.55 bits per heavy atom. The summed E-state index contributed by atoms with van der Waals surface area (Å²) in [6.07, 6.45) is 9.68. The van der Waals surface area contributed by atoms with Crippen LogP contribution in [-0.4, -0.2) is 65.8 Å². The van der Waals surface area contributed by atoms with Crippen molar-refractivity contribution in [2.45, 2.75) is 64.3 Å². The lowest BCUT2D eigenvalue weighted by Crippen LogP contribution is -2.48. The van der Waals surface area contributed by atoms with Crippen molar-refractivity contribution in [3.8, 4) is 0 Å². The molecule has 2 heterocycles. The van der Waals surface area contributed by atoms with Gasteiger partial charge in [-0.3, -0.25) is 14.5 Å². The fourth-order valence-electron chi connectivity index (χ4n) is 5.59. The first kappa shape index (κ1) is 22.3. The average Bonchev–Trinajstić information content (AvgIpc) is 2.84. The fraction of sp³-hybridized carbons (Fsp3) is 0.692. The van der Waals surface area contributed by atoms with Gasteiger partial charge < -0.3 is 9.80 Å². The number of amides is 2. The molecule has 0 unspecified atom stereocenters. The highest BCUT2D eigenvalue weighted by Gasteiger charge is 2.30. The van der Waals surface area contributed by atoms with E-state index in [9.17, 15) is 9.59 Å². The maximum Gasteiger partial charge on any atom is 0.225 e. The van der Waals surface area contributed by atoms with Crippen LogP contribution in [0.25, 0.3) is 0 Å². The predicted octanol–water partition coefficient (Wildman–Crippen LogP) is 3.93. The largest absolute Gasteiger partial charge is 0.342 e. The van der Waals surface area contributed by atoms with E-state index in [1.807, 2.05) is 0 Å². The molecule has 1 aliphatic carbocycles. The van der Waals surface area contributed by atoms with Gasteiger partial charge in [0.1, 0.15) is 0 Å². The van der Waals surface area contributed by atoms with Crippen molar-refractivity contribution in [2.24, 2.45) is 11.8 Å². The lowest BCUT2D eigenvalue weighted by molar-refractivity contribution is -0.138. The van der Waals surface area contributed by atoms with Crippen LogP contribution in [0.2, 0.25) is 0 Å². The summed E-state index contributed by atoms with van der Waals surface area (Å²) in [5, 5.41) is 0. The molecular weight excluding hydrogens is 386 g/mol. The molecule has 1 aromatic rings. The smallest absolute Gasteiger partial charge is 0.225 e. The molecule has 2 saturated heterocycles. The molecule has 0 aromatic heterocycles. The molecule has 3 fully saturated rings. The SMILES string of the molecule is O=C(CC[C@@H]1CCCN(C(=O)C2CCCCC2)C1)N1CCN(Cc2ccccc2)CC1. The van der Waals surface area contributed by atoms with E-state index in [0.717, 1.165) is 77.9 Å². The van der Waals surface area contributed by atoms with Crippen LogP contribution in [0.1, 0.15) is 63.4 Å². The molecule has 170 valence electrons. The van der Waals surface area contributed by atoms with Gasteiger partial charge in [-0.2, -0.15) is 0 Å². The summed E-state index contributed by atoms with van der Waals surface area (Å²) >= 11 is 0. The Bertz CT molecular complexity index is 709. The molecule has 5 heteroatoms. The summed E-state index contributed by atoms with van der Waals surface area (Å²) < 4.78 is 0. The lowest BCUT2D eigenvalue weighted by Gasteiger charge is -2.37. The summed E-state index contributed by atoms with van der Waals surface area (Å²) in [5.74, 6) is 1.45. The number of piperazine rings is 1. The van der Waals surface area contributed by atoms with E-state index in [-0.39, 0.29) is 5.92 Å². The van der Waals surface area contributed by atoms with Crippen LogP contribution in [0.15, 0.2) is 30.3 Å². The monoisotopic (exact) mass is 425 g/mol. The first-order valence-corrected chi connectivity index (χ1v) is 12.5. The minimum atomic E-state index is 0.265. The molecule has 0 spiro atoms. The number of rotatable bonds is 6. The zero-order valence-electron chi connectivity index (χ0n) is 19.0. The maximum atomic E-state index is 12.9. The maximum absolute atomic E-state index is 12.9. The van der Waals surface area contributed by atoms with E-state index >= 15 is 0 Å². The normalized spacial score (nSPS) is 23.7. The Morgan fingerprint density at radius 3 is 2.29 bits per heavy atom. The molecule has 5 nitrogen and oxygen atoms in total. The molecule has 2 aliphatic heterocycles. The highest BCUT2D eigenvalue weighted by molar-refractivity contribution is 5.79. The van der Waals surface area contributed by atoms with Crippen LogP contribution in [0.5, 0.6) is 0 Å². The summed E-state index contributed by atoms with van der Waals surface area (Å²) in [7, 11) is 0. The second kappa shape index (κ2) is 11.1. The number of carbonyl (C=O) groups excluding carboxylic acids is 2. The first-order chi connectivity index (χ1) is 15.2. The van der Waals surface area contributed by atoms with Gasteiger partial charge in [0, 0.05) is 58.2 Å². The van der Waals surface area contributed by atoms with Gasteiger partial charge in [0.2, 0.25) is 11.8 Å². The van der Waals surface area contributed by atoms with Crippen LogP contribution in [-0.2, 0) is 16.1 Å². The molecular formula is C26H39N3O2. The van der Waals surface area contributed by atoms with E-state index in [2.05, 4.69) is 45.0 Å². The van der Waals surface area contributed by atoms with Gasteiger partial charge in [0.05, 0.1) is 0 Å². The standard InChI is InChI=1S/C26H39N3O2/c30-25(28-18-16-27(17-19-28)20-22-8-3-1-4-9-22)14-13-23-10-7-15-29(21-23)26(31)24-11-5-2-6-12-24/h1,3-4,8-9,23-24H,2,5-7,10-21H2/t23-/m0/s1. The third-order valence-corrected chi connectivity index (χ3v) is 7.53. The Morgan fingerprint density at radius 1 is 0.806 bits per heavy atom. The Balaban J connectivity index is 1.17. The van der Waals surface area contributed by atoms with Gasteiger partial charge in [0.25, 0.3) is 0 Å². The Hall–Kier alpha value is -1.88. The number of hydrogen-bond donors (Lipinski definition) is 0. The van der Waals surface area contributed by atoms with E-state index in [1.54, 1.807) is 0 Å². The van der Waals surface area contributed by atoms with Gasteiger partial charge in [-0.05, 0) is 43.6 Å². The molecule has 1 atom stereocenters. The number of carbonyl (C=O) groups is 2. The van der Waals surface area contributed by atoms with Crippen molar-refractivity contribution in [1.82, 2.24) is 14.7 Å². The molecule has 3 aliphatic rings. The van der Waals surface area contributed by atoms with E-state index in [4.69, 9.17) is 0 Å². The zero-order valence-corrected chi connectivity index (χ0v) is 19.0. The fourth-order valence-corrected chi connectivity index (χ4v) is 5.59. The second-order valence-corrected chi connectivity index (χ2v) is 9.81. The number of piperidine rings is 1. The van der Waals surface area contributed by atoms with Crippen LogP contribution >= 0.6 is 0 Å². The van der Waals surface area contributed by atoms with E-state index in [1.165, 1.54) is 24.8 Å². The number of benzene rings is 1. The highest BCUT2D eigenvalue weighted by atomic mass is 16.2. The van der Waals surface area contributed by atoms with E-state index in [0.29, 0.717) is 24.2 Å². The number of likely N-dealkylation sites (tertiary alicyclic amines) is 1. The predicted molar refractivity (Wildman–Crippen MR) is 123 cm³/mol.